The average Bonchev–Trinajstić information content (AvgIpc) is 2.29. The normalized spacial score (nSPS) is 11.2. The van der Waals surface area contributed by atoms with Crippen molar-refractivity contribution in [1.29, 1.82) is 0 Å². The van der Waals surface area contributed by atoms with Crippen LogP contribution in [0.3, 0.4) is 0 Å². The number of hydrogen-bond donors (Lipinski definition) is 2. The molecule has 0 saturated carbocycles. The molecule has 1 rings (SSSR count). The van der Waals surface area contributed by atoms with Gasteiger partial charge in [0, 0.05) is 6.54 Å². The van der Waals surface area contributed by atoms with Gasteiger partial charge in [0.1, 0.15) is 5.75 Å². The summed E-state index contributed by atoms with van der Waals surface area (Å²) in [5, 5.41) is 11.1. The molecule has 0 saturated heterocycles. The summed E-state index contributed by atoms with van der Waals surface area (Å²) in [6, 6.07) is 9.60. The lowest BCUT2D eigenvalue weighted by Gasteiger charge is -2.05. The standard InChI is InChI=1S/C12H17NO4S/c14-8-9-18(16,17)10-12(15)13-7-6-11-4-2-1-3-5-11/h1-5,14H,6-10H2,(H,13,15). The first-order chi connectivity index (χ1) is 8.53. The van der Waals surface area contributed by atoms with E-state index in [4.69, 9.17) is 5.11 Å². The highest BCUT2D eigenvalue weighted by Gasteiger charge is 2.15. The third kappa shape index (κ3) is 5.79. The molecular formula is C12H17NO4S. The average molecular weight is 271 g/mol. The summed E-state index contributed by atoms with van der Waals surface area (Å²) in [5.74, 6) is -1.47. The minimum absolute atomic E-state index is 0.376. The molecule has 0 atom stereocenters. The lowest BCUT2D eigenvalue weighted by Crippen LogP contribution is -2.33. The fourth-order valence-corrected chi connectivity index (χ4v) is 2.38. The summed E-state index contributed by atoms with van der Waals surface area (Å²) in [6.45, 7) is -0.0584. The van der Waals surface area contributed by atoms with Crippen molar-refractivity contribution in [2.24, 2.45) is 0 Å². The van der Waals surface area contributed by atoms with Crippen LogP contribution in [-0.4, -0.2) is 44.1 Å². The summed E-state index contributed by atoms with van der Waals surface area (Å²) in [6.07, 6.45) is 0.659. The van der Waals surface area contributed by atoms with E-state index in [0.717, 1.165) is 5.56 Å². The van der Waals surface area contributed by atoms with Crippen LogP contribution in [0, 0.1) is 0 Å². The van der Waals surface area contributed by atoms with Crippen LogP contribution in [-0.2, 0) is 21.1 Å². The van der Waals surface area contributed by atoms with Crippen LogP contribution >= 0.6 is 0 Å². The Balaban J connectivity index is 2.30. The van der Waals surface area contributed by atoms with Crippen molar-refractivity contribution in [3.8, 4) is 0 Å². The number of carbonyl (C=O) groups is 1. The largest absolute Gasteiger partial charge is 0.395 e. The predicted molar refractivity (Wildman–Crippen MR) is 68.9 cm³/mol. The van der Waals surface area contributed by atoms with Gasteiger partial charge < -0.3 is 10.4 Å². The van der Waals surface area contributed by atoms with Crippen LogP contribution in [0.25, 0.3) is 0 Å². The molecule has 100 valence electrons. The Bertz CT molecular complexity index is 470. The van der Waals surface area contributed by atoms with Gasteiger partial charge in [0.25, 0.3) is 0 Å². The lowest BCUT2D eigenvalue weighted by atomic mass is 10.1. The Hall–Kier alpha value is -1.40. The van der Waals surface area contributed by atoms with Crippen LogP contribution in [0.4, 0.5) is 0 Å². The van der Waals surface area contributed by atoms with Crippen molar-refractivity contribution in [3.05, 3.63) is 35.9 Å². The number of aliphatic hydroxyl groups is 1. The maximum Gasteiger partial charge on any atom is 0.235 e. The molecule has 5 nitrogen and oxygen atoms in total. The van der Waals surface area contributed by atoms with Crippen molar-refractivity contribution in [2.45, 2.75) is 6.42 Å². The summed E-state index contributed by atoms with van der Waals surface area (Å²) in [7, 11) is -3.49. The minimum Gasteiger partial charge on any atom is -0.395 e. The molecule has 0 fully saturated rings. The maximum absolute atomic E-state index is 11.4. The fourth-order valence-electron chi connectivity index (χ4n) is 1.45. The molecule has 2 N–H and O–H groups in total. The van der Waals surface area contributed by atoms with Crippen molar-refractivity contribution < 1.29 is 18.3 Å². The van der Waals surface area contributed by atoms with E-state index in [1.807, 2.05) is 30.3 Å². The van der Waals surface area contributed by atoms with E-state index < -0.39 is 28.1 Å². The zero-order valence-corrected chi connectivity index (χ0v) is 10.8. The Morgan fingerprint density at radius 3 is 2.50 bits per heavy atom. The van der Waals surface area contributed by atoms with Gasteiger partial charge in [0.15, 0.2) is 9.84 Å². The Kier molecular flexibility index (Phi) is 5.80. The molecule has 0 aliphatic heterocycles. The number of rotatable bonds is 7. The minimum atomic E-state index is -3.49. The quantitative estimate of drug-likeness (QED) is 0.716. The van der Waals surface area contributed by atoms with Crippen LogP contribution in [0.5, 0.6) is 0 Å². The molecular weight excluding hydrogens is 254 g/mol. The molecule has 1 amide bonds. The number of sulfone groups is 1. The lowest BCUT2D eigenvalue weighted by molar-refractivity contribution is -0.118. The third-order valence-corrected chi connectivity index (χ3v) is 3.84. The van der Waals surface area contributed by atoms with Gasteiger partial charge in [0.05, 0.1) is 12.4 Å². The van der Waals surface area contributed by atoms with E-state index in [-0.39, 0.29) is 5.75 Å². The number of hydrogen-bond acceptors (Lipinski definition) is 4. The number of aliphatic hydroxyl groups excluding tert-OH is 1. The van der Waals surface area contributed by atoms with Gasteiger partial charge in [-0.2, -0.15) is 0 Å². The van der Waals surface area contributed by atoms with Gasteiger partial charge in [-0.15, -0.1) is 0 Å². The van der Waals surface area contributed by atoms with Crippen LogP contribution < -0.4 is 5.32 Å². The number of carbonyl (C=O) groups excluding carboxylic acids is 1. The van der Waals surface area contributed by atoms with Gasteiger partial charge in [-0.3, -0.25) is 4.79 Å². The predicted octanol–water partition coefficient (Wildman–Crippen LogP) is -0.248. The van der Waals surface area contributed by atoms with Gasteiger partial charge in [-0.05, 0) is 12.0 Å². The van der Waals surface area contributed by atoms with Crippen molar-refractivity contribution in [2.75, 3.05) is 24.7 Å². The summed E-state index contributed by atoms with van der Waals surface area (Å²) in [4.78, 5) is 11.4. The molecule has 0 aromatic heterocycles. The Morgan fingerprint density at radius 1 is 1.22 bits per heavy atom. The van der Waals surface area contributed by atoms with Gasteiger partial charge in [-0.25, -0.2) is 8.42 Å². The van der Waals surface area contributed by atoms with Crippen LogP contribution in [0.2, 0.25) is 0 Å². The van der Waals surface area contributed by atoms with E-state index in [9.17, 15) is 13.2 Å². The smallest absolute Gasteiger partial charge is 0.235 e. The van der Waals surface area contributed by atoms with E-state index >= 15 is 0 Å². The first-order valence-corrected chi connectivity index (χ1v) is 7.47. The second-order valence-corrected chi connectivity index (χ2v) is 6.09. The monoisotopic (exact) mass is 271 g/mol. The molecule has 0 aliphatic rings. The molecule has 0 heterocycles. The number of amides is 1. The zero-order chi connectivity index (χ0) is 13.4. The SMILES string of the molecule is O=C(CS(=O)(=O)CCO)NCCc1ccccc1. The Morgan fingerprint density at radius 2 is 1.89 bits per heavy atom. The number of nitrogens with one attached hydrogen (secondary N) is 1. The molecule has 18 heavy (non-hydrogen) atoms. The summed E-state index contributed by atoms with van der Waals surface area (Å²) >= 11 is 0. The molecule has 1 aromatic carbocycles. The molecule has 0 unspecified atom stereocenters. The maximum atomic E-state index is 11.4. The highest BCUT2D eigenvalue weighted by Crippen LogP contribution is 1.98. The van der Waals surface area contributed by atoms with E-state index in [0.29, 0.717) is 13.0 Å². The highest BCUT2D eigenvalue weighted by atomic mass is 32.2. The van der Waals surface area contributed by atoms with Crippen LogP contribution in [0.15, 0.2) is 30.3 Å². The van der Waals surface area contributed by atoms with Gasteiger partial charge in [0.2, 0.25) is 5.91 Å². The molecule has 1 aromatic rings. The molecule has 6 heteroatoms. The van der Waals surface area contributed by atoms with E-state index in [2.05, 4.69) is 5.32 Å². The van der Waals surface area contributed by atoms with Gasteiger partial charge >= 0.3 is 0 Å². The molecule has 0 spiro atoms. The summed E-state index contributed by atoms with van der Waals surface area (Å²) < 4.78 is 22.5. The topological polar surface area (TPSA) is 83.5 Å². The van der Waals surface area contributed by atoms with Crippen molar-refractivity contribution in [3.63, 3.8) is 0 Å². The third-order valence-electron chi connectivity index (χ3n) is 2.33. The first-order valence-electron chi connectivity index (χ1n) is 5.65. The highest BCUT2D eigenvalue weighted by molar-refractivity contribution is 7.92. The second-order valence-electron chi connectivity index (χ2n) is 3.90. The molecule has 0 aliphatic carbocycles. The van der Waals surface area contributed by atoms with Crippen molar-refractivity contribution in [1.82, 2.24) is 5.32 Å². The summed E-state index contributed by atoms with van der Waals surface area (Å²) in [5.41, 5.74) is 1.08. The van der Waals surface area contributed by atoms with Crippen LogP contribution in [0.1, 0.15) is 5.56 Å². The van der Waals surface area contributed by atoms with E-state index in [1.54, 1.807) is 0 Å². The van der Waals surface area contributed by atoms with Gasteiger partial charge in [-0.1, -0.05) is 30.3 Å². The van der Waals surface area contributed by atoms with E-state index in [1.165, 1.54) is 0 Å². The first kappa shape index (κ1) is 14.7. The number of benzene rings is 1. The zero-order valence-electron chi connectivity index (χ0n) is 10.0. The van der Waals surface area contributed by atoms with Crippen molar-refractivity contribution >= 4 is 15.7 Å². The second kappa shape index (κ2) is 7.13. The molecule has 0 radical (unpaired) electrons. The Labute approximate surface area is 107 Å². The fraction of sp³-hybridized carbons (Fsp3) is 0.417. The molecule has 0 bridgehead atoms.